The SMILES string of the molecule is CC(C)c1nnc(N2CCc3[nH]cnc3[C@@H]2c2cc3c(C(F)(F)F)cccn3n2)o1. The molecule has 0 unspecified atom stereocenters. The Bertz CT molecular complexity index is 1210. The molecule has 0 saturated carbocycles. The number of imidazole rings is 1. The van der Waals surface area contributed by atoms with Crippen molar-refractivity contribution < 1.29 is 17.6 Å². The molecule has 1 aliphatic rings. The van der Waals surface area contributed by atoms with Crippen molar-refractivity contribution in [3.8, 4) is 0 Å². The summed E-state index contributed by atoms with van der Waals surface area (Å²) in [4.78, 5) is 9.36. The normalized spacial score (nSPS) is 17.1. The van der Waals surface area contributed by atoms with Crippen LogP contribution in [0.1, 0.15) is 54.3 Å². The van der Waals surface area contributed by atoms with Crippen LogP contribution in [-0.4, -0.2) is 36.3 Å². The number of pyridine rings is 1. The van der Waals surface area contributed by atoms with Gasteiger partial charge in [-0.05, 0) is 18.2 Å². The Balaban J connectivity index is 1.65. The summed E-state index contributed by atoms with van der Waals surface area (Å²) in [5.41, 5.74) is 1.25. The van der Waals surface area contributed by atoms with Crippen LogP contribution < -0.4 is 4.90 Å². The minimum absolute atomic E-state index is 0.0176. The van der Waals surface area contributed by atoms with Crippen LogP contribution in [0.2, 0.25) is 0 Å². The van der Waals surface area contributed by atoms with Crippen molar-refractivity contribution in [2.45, 2.75) is 38.4 Å². The molecule has 0 amide bonds. The van der Waals surface area contributed by atoms with Gasteiger partial charge in [-0.1, -0.05) is 18.9 Å². The van der Waals surface area contributed by atoms with E-state index in [1.807, 2.05) is 18.7 Å². The smallest absolute Gasteiger partial charge is 0.408 e. The average molecular weight is 417 g/mol. The molecule has 30 heavy (non-hydrogen) atoms. The van der Waals surface area contributed by atoms with E-state index in [9.17, 15) is 13.2 Å². The van der Waals surface area contributed by atoms with Gasteiger partial charge in [0, 0.05) is 30.8 Å². The number of anilines is 1. The number of alkyl halides is 3. The van der Waals surface area contributed by atoms with Crippen LogP contribution in [-0.2, 0) is 12.6 Å². The number of halogens is 3. The second kappa shape index (κ2) is 6.57. The lowest BCUT2D eigenvalue weighted by Gasteiger charge is -2.32. The van der Waals surface area contributed by atoms with Gasteiger partial charge in [0.2, 0.25) is 5.89 Å². The van der Waals surface area contributed by atoms with Gasteiger partial charge in [-0.15, -0.1) is 5.10 Å². The third-order valence-electron chi connectivity index (χ3n) is 5.20. The first-order valence-electron chi connectivity index (χ1n) is 9.50. The van der Waals surface area contributed by atoms with Crippen LogP contribution in [0.4, 0.5) is 19.2 Å². The Morgan fingerprint density at radius 3 is 2.83 bits per heavy atom. The van der Waals surface area contributed by atoms with Gasteiger partial charge in [0.15, 0.2) is 0 Å². The largest absolute Gasteiger partial charge is 0.418 e. The number of aromatic nitrogens is 6. The van der Waals surface area contributed by atoms with Gasteiger partial charge in [0.25, 0.3) is 0 Å². The number of H-pyrrole nitrogens is 1. The lowest BCUT2D eigenvalue weighted by atomic mass is 10.00. The molecule has 1 N–H and O–H groups in total. The van der Waals surface area contributed by atoms with Crippen molar-refractivity contribution in [2.24, 2.45) is 0 Å². The van der Waals surface area contributed by atoms with Crippen LogP contribution in [0, 0.1) is 0 Å². The molecule has 0 fully saturated rings. The Hall–Kier alpha value is -3.37. The van der Waals surface area contributed by atoms with Gasteiger partial charge in [0.05, 0.1) is 28.8 Å². The molecule has 0 saturated heterocycles. The predicted molar refractivity (Wildman–Crippen MR) is 100 cm³/mol. The minimum atomic E-state index is -4.48. The molecule has 0 bridgehead atoms. The second-order valence-corrected chi connectivity index (χ2v) is 7.51. The average Bonchev–Trinajstić information content (AvgIpc) is 3.43. The molecule has 5 heterocycles. The number of hydrogen-bond acceptors (Lipinski definition) is 6. The van der Waals surface area contributed by atoms with Crippen LogP contribution in [0.3, 0.4) is 0 Å². The van der Waals surface area contributed by atoms with E-state index in [2.05, 4.69) is 25.3 Å². The summed E-state index contributed by atoms with van der Waals surface area (Å²) < 4.78 is 47.5. The summed E-state index contributed by atoms with van der Waals surface area (Å²) in [5.74, 6) is 0.547. The summed E-state index contributed by atoms with van der Waals surface area (Å²) >= 11 is 0. The molecule has 0 radical (unpaired) electrons. The van der Waals surface area contributed by atoms with E-state index in [4.69, 9.17) is 4.42 Å². The van der Waals surface area contributed by atoms with Crippen molar-refractivity contribution in [2.75, 3.05) is 11.4 Å². The topological polar surface area (TPSA) is 88.1 Å². The molecule has 1 aliphatic heterocycles. The molecular formula is C19H18F3N7O. The van der Waals surface area contributed by atoms with E-state index >= 15 is 0 Å². The van der Waals surface area contributed by atoms with Gasteiger partial charge in [-0.2, -0.15) is 18.3 Å². The van der Waals surface area contributed by atoms with Gasteiger partial charge >= 0.3 is 12.2 Å². The monoisotopic (exact) mass is 417 g/mol. The number of rotatable bonds is 3. The first-order valence-corrected chi connectivity index (χ1v) is 9.50. The van der Waals surface area contributed by atoms with E-state index in [0.29, 0.717) is 36.3 Å². The molecule has 0 aromatic carbocycles. The summed E-state index contributed by atoms with van der Waals surface area (Å²) in [5, 5.41) is 12.7. The van der Waals surface area contributed by atoms with Crippen molar-refractivity contribution in [3.05, 3.63) is 59.3 Å². The van der Waals surface area contributed by atoms with E-state index in [-0.39, 0.29) is 11.4 Å². The minimum Gasteiger partial charge on any atom is -0.408 e. The zero-order valence-electron chi connectivity index (χ0n) is 16.2. The first kappa shape index (κ1) is 18.6. The van der Waals surface area contributed by atoms with Gasteiger partial charge in [-0.25, -0.2) is 9.50 Å². The summed E-state index contributed by atoms with van der Waals surface area (Å²) in [6, 6.07) is 3.57. The molecule has 5 rings (SSSR count). The third kappa shape index (κ3) is 2.92. The Kier molecular flexibility index (Phi) is 4.09. The molecule has 4 aromatic heterocycles. The van der Waals surface area contributed by atoms with Gasteiger partial charge in [0.1, 0.15) is 6.04 Å². The zero-order valence-corrected chi connectivity index (χ0v) is 16.2. The van der Waals surface area contributed by atoms with Crippen molar-refractivity contribution in [1.82, 2.24) is 29.8 Å². The summed E-state index contributed by atoms with van der Waals surface area (Å²) in [6.07, 6.45) is -0.754. The zero-order chi connectivity index (χ0) is 21.0. The van der Waals surface area contributed by atoms with Crippen molar-refractivity contribution >= 4 is 11.5 Å². The van der Waals surface area contributed by atoms with Crippen molar-refractivity contribution in [3.63, 3.8) is 0 Å². The number of aromatic amines is 1. The molecule has 1 atom stereocenters. The first-order chi connectivity index (χ1) is 14.3. The molecule has 11 heteroatoms. The highest BCUT2D eigenvalue weighted by Crippen LogP contribution is 2.38. The maximum absolute atomic E-state index is 13.5. The molecule has 8 nitrogen and oxygen atoms in total. The molecule has 0 aliphatic carbocycles. The maximum Gasteiger partial charge on any atom is 0.418 e. The quantitative estimate of drug-likeness (QED) is 0.547. The number of nitrogens with zero attached hydrogens (tertiary/aromatic N) is 6. The van der Waals surface area contributed by atoms with Crippen LogP contribution in [0.5, 0.6) is 0 Å². The molecule has 4 aromatic rings. The van der Waals surface area contributed by atoms with Crippen LogP contribution in [0.15, 0.2) is 35.1 Å². The standard InChI is InChI=1S/C19H18F3N7O/c1-10(2)17-25-26-18(30-17)28-7-5-12-15(24-9-23-12)16(28)13-8-14-11(19(20,21)22)4-3-6-29(14)27-13/h3-4,6,8-10,16H,5,7H2,1-2H3,(H,23,24)/t16-/m0/s1. The Morgan fingerprint density at radius 2 is 2.10 bits per heavy atom. The maximum atomic E-state index is 13.5. The molecular weight excluding hydrogens is 399 g/mol. The Labute approximate surface area is 168 Å². The highest BCUT2D eigenvalue weighted by molar-refractivity contribution is 5.58. The lowest BCUT2D eigenvalue weighted by Crippen LogP contribution is -2.36. The van der Waals surface area contributed by atoms with E-state index < -0.39 is 17.8 Å². The molecule has 0 spiro atoms. The fourth-order valence-electron chi connectivity index (χ4n) is 3.77. The van der Waals surface area contributed by atoms with E-state index in [1.165, 1.54) is 22.8 Å². The fraction of sp³-hybridized carbons (Fsp3) is 0.368. The number of nitrogens with one attached hydrogen (secondary N) is 1. The van der Waals surface area contributed by atoms with Gasteiger partial charge < -0.3 is 14.3 Å². The van der Waals surface area contributed by atoms with E-state index in [0.717, 1.165) is 11.8 Å². The second-order valence-electron chi connectivity index (χ2n) is 7.51. The lowest BCUT2D eigenvalue weighted by molar-refractivity contribution is -0.136. The highest BCUT2D eigenvalue weighted by Gasteiger charge is 2.38. The Morgan fingerprint density at radius 1 is 1.27 bits per heavy atom. The fourth-order valence-corrected chi connectivity index (χ4v) is 3.77. The highest BCUT2D eigenvalue weighted by atomic mass is 19.4. The van der Waals surface area contributed by atoms with Crippen LogP contribution >= 0.6 is 0 Å². The van der Waals surface area contributed by atoms with E-state index in [1.54, 1.807) is 6.33 Å². The molecule has 156 valence electrons. The summed E-state index contributed by atoms with van der Waals surface area (Å²) in [7, 11) is 0. The summed E-state index contributed by atoms with van der Waals surface area (Å²) in [6.45, 7) is 4.41. The third-order valence-corrected chi connectivity index (χ3v) is 5.20. The van der Waals surface area contributed by atoms with Crippen LogP contribution in [0.25, 0.3) is 5.52 Å². The number of fused-ring (bicyclic) bond motifs is 2. The van der Waals surface area contributed by atoms with Crippen molar-refractivity contribution in [1.29, 1.82) is 0 Å². The number of hydrogen-bond donors (Lipinski definition) is 1. The van der Waals surface area contributed by atoms with Gasteiger partial charge in [-0.3, -0.25) is 0 Å². The predicted octanol–water partition coefficient (Wildman–Crippen LogP) is 3.73.